The molecule has 3 N–H and O–H groups in total. The summed E-state index contributed by atoms with van der Waals surface area (Å²) in [5.41, 5.74) is 1.73. The van der Waals surface area contributed by atoms with Crippen LogP contribution in [0.3, 0.4) is 0 Å². The molecular weight excluding hydrogens is 332 g/mol. The lowest BCUT2D eigenvalue weighted by Crippen LogP contribution is -2.34. The van der Waals surface area contributed by atoms with Gasteiger partial charge in [0.2, 0.25) is 0 Å². The fourth-order valence-corrected chi connectivity index (χ4v) is 2.72. The molecule has 106 valence electrons. The Kier molecular flexibility index (Phi) is 6.26. The van der Waals surface area contributed by atoms with Crippen molar-refractivity contribution < 1.29 is 9.90 Å². The Bertz CT molecular complexity index is 456. The summed E-state index contributed by atoms with van der Waals surface area (Å²) in [4.78, 5) is 12.0. The van der Waals surface area contributed by atoms with Gasteiger partial charge in [0.25, 0.3) is 5.91 Å². The number of β-amino-alcohol motifs (C(OH)–C–C–N with tert-alkyl or cyclic N) is 1. The Morgan fingerprint density at radius 2 is 2.26 bits per heavy atom. The molecule has 0 aliphatic carbocycles. The third-order valence-corrected chi connectivity index (χ3v) is 3.85. The Labute approximate surface area is 127 Å². The van der Waals surface area contributed by atoms with Gasteiger partial charge in [0.15, 0.2) is 0 Å². The van der Waals surface area contributed by atoms with E-state index >= 15 is 0 Å². The SMILES string of the molecule is Cc1ccc(C(=O)NCC2CNCC2O)c(Br)c1.Cl. The van der Waals surface area contributed by atoms with E-state index in [2.05, 4.69) is 26.6 Å². The van der Waals surface area contributed by atoms with Gasteiger partial charge in [0.1, 0.15) is 0 Å². The summed E-state index contributed by atoms with van der Waals surface area (Å²) in [5, 5.41) is 15.6. The molecule has 19 heavy (non-hydrogen) atoms. The second-order valence-electron chi connectivity index (χ2n) is 4.68. The second kappa shape index (κ2) is 7.24. The Morgan fingerprint density at radius 1 is 1.53 bits per heavy atom. The molecule has 1 aliphatic rings. The minimum Gasteiger partial charge on any atom is -0.391 e. The van der Waals surface area contributed by atoms with Crippen LogP contribution in [0.15, 0.2) is 22.7 Å². The fraction of sp³-hybridized carbons (Fsp3) is 0.462. The van der Waals surface area contributed by atoms with Gasteiger partial charge in [-0.05, 0) is 40.5 Å². The fourth-order valence-electron chi connectivity index (χ4n) is 2.05. The average molecular weight is 350 g/mol. The largest absolute Gasteiger partial charge is 0.391 e. The molecular formula is C13H18BrClN2O2. The van der Waals surface area contributed by atoms with Crippen LogP contribution in [0.4, 0.5) is 0 Å². The zero-order chi connectivity index (χ0) is 13.1. The van der Waals surface area contributed by atoms with Crippen molar-refractivity contribution in [3.63, 3.8) is 0 Å². The Balaban J connectivity index is 0.00000180. The van der Waals surface area contributed by atoms with Crippen LogP contribution >= 0.6 is 28.3 Å². The van der Waals surface area contributed by atoms with Crippen LogP contribution < -0.4 is 10.6 Å². The number of amides is 1. The van der Waals surface area contributed by atoms with Crippen LogP contribution in [-0.2, 0) is 0 Å². The molecule has 1 aliphatic heterocycles. The molecule has 0 radical (unpaired) electrons. The standard InChI is InChI=1S/C13H17BrN2O2.ClH/c1-8-2-3-10(11(14)4-8)13(18)16-6-9-5-15-7-12(9)17;/h2-4,9,12,15,17H,5-7H2,1H3,(H,16,18);1H. The van der Waals surface area contributed by atoms with E-state index in [1.165, 1.54) is 0 Å². The van der Waals surface area contributed by atoms with Gasteiger partial charge in [-0.1, -0.05) is 6.07 Å². The lowest BCUT2D eigenvalue weighted by molar-refractivity contribution is 0.0926. The lowest BCUT2D eigenvalue weighted by Gasteiger charge is -2.14. The van der Waals surface area contributed by atoms with Crippen LogP contribution in [-0.4, -0.2) is 36.8 Å². The van der Waals surface area contributed by atoms with E-state index in [4.69, 9.17) is 0 Å². The molecule has 1 heterocycles. The van der Waals surface area contributed by atoms with Crippen molar-refractivity contribution in [2.45, 2.75) is 13.0 Å². The molecule has 1 fully saturated rings. The highest BCUT2D eigenvalue weighted by Gasteiger charge is 2.25. The first kappa shape index (κ1) is 16.4. The number of aryl methyl sites for hydroxylation is 1. The molecule has 4 nitrogen and oxygen atoms in total. The summed E-state index contributed by atoms with van der Waals surface area (Å²) in [7, 11) is 0. The molecule has 0 bridgehead atoms. The number of carbonyl (C=O) groups is 1. The number of halogens is 2. The van der Waals surface area contributed by atoms with Gasteiger partial charge < -0.3 is 15.7 Å². The first-order chi connectivity index (χ1) is 8.58. The maximum absolute atomic E-state index is 12.0. The van der Waals surface area contributed by atoms with E-state index in [9.17, 15) is 9.90 Å². The van der Waals surface area contributed by atoms with Gasteiger partial charge in [-0.15, -0.1) is 12.4 Å². The zero-order valence-corrected chi connectivity index (χ0v) is 13.1. The third-order valence-electron chi connectivity index (χ3n) is 3.20. The van der Waals surface area contributed by atoms with Crippen LogP contribution in [0.25, 0.3) is 0 Å². The number of aliphatic hydroxyl groups excluding tert-OH is 1. The van der Waals surface area contributed by atoms with Gasteiger partial charge in [0.05, 0.1) is 11.7 Å². The quantitative estimate of drug-likeness (QED) is 0.775. The minimum atomic E-state index is -0.369. The summed E-state index contributed by atoms with van der Waals surface area (Å²) < 4.78 is 0.796. The number of carbonyl (C=O) groups excluding carboxylic acids is 1. The van der Waals surface area contributed by atoms with E-state index in [0.717, 1.165) is 16.6 Å². The third kappa shape index (κ3) is 4.18. The maximum atomic E-state index is 12.0. The molecule has 0 saturated carbocycles. The summed E-state index contributed by atoms with van der Waals surface area (Å²) in [6.07, 6.45) is -0.369. The zero-order valence-electron chi connectivity index (χ0n) is 10.6. The Morgan fingerprint density at radius 3 is 2.84 bits per heavy atom. The van der Waals surface area contributed by atoms with Crippen molar-refractivity contribution in [3.8, 4) is 0 Å². The van der Waals surface area contributed by atoms with E-state index in [1.54, 1.807) is 6.07 Å². The second-order valence-corrected chi connectivity index (χ2v) is 5.53. The van der Waals surface area contributed by atoms with Gasteiger partial charge in [-0.25, -0.2) is 0 Å². The molecule has 2 rings (SSSR count). The Hall–Kier alpha value is -0.620. The summed E-state index contributed by atoms with van der Waals surface area (Å²) in [6.45, 7) is 3.82. The van der Waals surface area contributed by atoms with Crippen LogP contribution in [0.5, 0.6) is 0 Å². The molecule has 1 aromatic carbocycles. The van der Waals surface area contributed by atoms with Gasteiger partial charge in [0, 0.05) is 30.0 Å². The smallest absolute Gasteiger partial charge is 0.252 e. The first-order valence-corrected chi connectivity index (χ1v) is 6.80. The van der Waals surface area contributed by atoms with Gasteiger partial charge in [-0.2, -0.15) is 0 Å². The molecule has 2 atom stereocenters. The van der Waals surface area contributed by atoms with E-state index in [1.807, 2.05) is 19.1 Å². The summed E-state index contributed by atoms with van der Waals surface area (Å²) in [6, 6.07) is 5.63. The number of benzene rings is 1. The molecule has 0 aromatic heterocycles. The monoisotopic (exact) mass is 348 g/mol. The highest BCUT2D eigenvalue weighted by molar-refractivity contribution is 9.10. The molecule has 1 aromatic rings. The highest BCUT2D eigenvalue weighted by atomic mass is 79.9. The van der Waals surface area contributed by atoms with Crippen LogP contribution in [0.1, 0.15) is 15.9 Å². The van der Waals surface area contributed by atoms with E-state index in [-0.39, 0.29) is 30.3 Å². The van der Waals surface area contributed by atoms with Crippen molar-refractivity contribution in [3.05, 3.63) is 33.8 Å². The molecule has 0 spiro atoms. The molecule has 1 amide bonds. The first-order valence-electron chi connectivity index (χ1n) is 6.01. The summed E-state index contributed by atoms with van der Waals surface area (Å²) >= 11 is 3.39. The number of rotatable bonds is 3. The van der Waals surface area contributed by atoms with Gasteiger partial charge >= 0.3 is 0 Å². The molecule has 1 saturated heterocycles. The predicted octanol–water partition coefficient (Wildman–Crippen LogP) is 1.49. The summed E-state index contributed by atoms with van der Waals surface area (Å²) in [5.74, 6) is -0.0147. The number of aliphatic hydroxyl groups is 1. The van der Waals surface area contributed by atoms with Crippen molar-refractivity contribution in [1.29, 1.82) is 0 Å². The van der Waals surface area contributed by atoms with Gasteiger partial charge in [-0.3, -0.25) is 4.79 Å². The number of nitrogens with one attached hydrogen (secondary N) is 2. The highest BCUT2D eigenvalue weighted by Crippen LogP contribution is 2.18. The van der Waals surface area contributed by atoms with Crippen molar-refractivity contribution >= 4 is 34.2 Å². The van der Waals surface area contributed by atoms with E-state index in [0.29, 0.717) is 18.7 Å². The topological polar surface area (TPSA) is 61.4 Å². The van der Waals surface area contributed by atoms with Crippen molar-refractivity contribution in [2.75, 3.05) is 19.6 Å². The van der Waals surface area contributed by atoms with Crippen LogP contribution in [0.2, 0.25) is 0 Å². The van der Waals surface area contributed by atoms with Crippen LogP contribution in [0, 0.1) is 12.8 Å². The average Bonchev–Trinajstić information content (AvgIpc) is 2.72. The normalized spacial score (nSPS) is 21.8. The van der Waals surface area contributed by atoms with Crippen molar-refractivity contribution in [2.24, 2.45) is 5.92 Å². The lowest BCUT2D eigenvalue weighted by atomic mass is 10.1. The van der Waals surface area contributed by atoms with E-state index < -0.39 is 0 Å². The molecule has 2 unspecified atom stereocenters. The predicted molar refractivity (Wildman–Crippen MR) is 80.8 cm³/mol. The minimum absolute atomic E-state index is 0. The number of hydrogen-bond acceptors (Lipinski definition) is 3. The maximum Gasteiger partial charge on any atom is 0.252 e. The van der Waals surface area contributed by atoms with Crippen molar-refractivity contribution in [1.82, 2.24) is 10.6 Å². The number of hydrogen-bond donors (Lipinski definition) is 3. The molecule has 6 heteroatoms.